The van der Waals surface area contributed by atoms with Crippen LogP contribution in [0.2, 0.25) is 25.7 Å². The van der Waals surface area contributed by atoms with Crippen molar-refractivity contribution in [2.24, 2.45) is 0 Å². The first kappa shape index (κ1) is 26.0. The van der Waals surface area contributed by atoms with Crippen LogP contribution in [0.1, 0.15) is 27.9 Å². The molecule has 0 heterocycles. The normalized spacial score (nSPS) is 10.9. The Balaban J connectivity index is 2.43. The van der Waals surface area contributed by atoms with Gasteiger partial charge in [-0.05, 0) is 35.9 Å². The Bertz CT molecular complexity index is 929. The Morgan fingerprint density at radius 1 is 1.12 bits per heavy atom. The highest BCUT2D eigenvalue weighted by molar-refractivity contribution is 7.98. The molecule has 0 aromatic heterocycles. The number of rotatable bonds is 11. The highest BCUT2D eigenvalue weighted by Gasteiger charge is 2.23. The van der Waals surface area contributed by atoms with E-state index >= 15 is 0 Å². The van der Waals surface area contributed by atoms with Crippen molar-refractivity contribution in [3.63, 3.8) is 0 Å². The maximum absolute atomic E-state index is 13.2. The lowest BCUT2D eigenvalue weighted by Crippen LogP contribution is -2.23. The van der Waals surface area contributed by atoms with E-state index in [9.17, 15) is 4.79 Å². The molecule has 0 saturated heterocycles. The molecule has 0 atom stereocenters. The molecule has 7 heteroatoms. The number of esters is 1. The van der Waals surface area contributed by atoms with E-state index in [2.05, 4.69) is 31.5 Å². The van der Waals surface area contributed by atoms with Crippen molar-refractivity contribution in [3.05, 3.63) is 59.2 Å². The number of aliphatic hydroxyl groups is 1. The third-order valence-electron chi connectivity index (χ3n) is 4.48. The summed E-state index contributed by atoms with van der Waals surface area (Å²) in [5.74, 6) is 6.59. The maximum Gasteiger partial charge on any atom is 0.342 e. The van der Waals surface area contributed by atoms with Gasteiger partial charge in [0.1, 0.15) is 11.3 Å². The van der Waals surface area contributed by atoms with Gasteiger partial charge in [-0.2, -0.15) is 0 Å². The molecule has 0 fully saturated rings. The number of carbonyl (C=O) groups is 1. The lowest BCUT2D eigenvalue weighted by Gasteiger charge is -2.18. The lowest BCUT2D eigenvalue weighted by molar-refractivity contribution is 0.0436. The number of methoxy groups -OCH3 is 1. The van der Waals surface area contributed by atoms with E-state index in [4.69, 9.17) is 19.3 Å². The number of aliphatic hydroxyl groups excluding tert-OH is 1. The molecule has 5 nitrogen and oxygen atoms in total. The van der Waals surface area contributed by atoms with Gasteiger partial charge >= 0.3 is 5.97 Å². The molecule has 2 aromatic carbocycles. The summed E-state index contributed by atoms with van der Waals surface area (Å²) in [5.41, 5.74) is 1.87. The molecule has 32 heavy (non-hydrogen) atoms. The van der Waals surface area contributed by atoms with E-state index in [1.54, 1.807) is 17.8 Å². The highest BCUT2D eigenvalue weighted by Crippen LogP contribution is 2.32. The van der Waals surface area contributed by atoms with Crippen molar-refractivity contribution in [1.29, 1.82) is 0 Å². The molecular formula is C25H32O5SSi. The van der Waals surface area contributed by atoms with Crippen LogP contribution < -0.4 is 4.74 Å². The topological polar surface area (TPSA) is 65.0 Å². The van der Waals surface area contributed by atoms with Gasteiger partial charge in [-0.1, -0.05) is 49.7 Å². The largest absolute Gasteiger partial charge is 0.467 e. The van der Waals surface area contributed by atoms with Crippen molar-refractivity contribution >= 4 is 25.8 Å². The average molecular weight is 473 g/mol. The van der Waals surface area contributed by atoms with Gasteiger partial charge in [0.05, 0.1) is 13.2 Å². The van der Waals surface area contributed by atoms with Crippen molar-refractivity contribution in [1.82, 2.24) is 0 Å². The summed E-state index contributed by atoms with van der Waals surface area (Å²) < 4.78 is 16.4. The minimum Gasteiger partial charge on any atom is -0.467 e. The number of hydrogen-bond acceptors (Lipinski definition) is 6. The number of ether oxygens (including phenoxy) is 3. The second kappa shape index (κ2) is 13.3. The van der Waals surface area contributed by atoms with Crippen LogP contribution in [0, 0.1) is 11.8 Å². The lowest BCUT2D eigenvalue weighted by atomic mass is 10.0. The summed E-state index contributed by atoms with van der Waals surface area (Å²) in [5, 5.41) is 9.10. The fourth-order valence-electron chi connectivity index (χ4n) is 2.77. The zero-order valence-corrected chi connectivity index (χ0v) is 21.1. The molecule has 0 amide bonds. The predicted octanol–water partition coefficient (Wildman–Crippen LogP) is 5.19. The molecule has 2 rings (SSSR count). The van der Waals surface area contributed by atoms with Gasteiger partial charge < -0.3 is 19.3 Å². The molecule has 0 saturated carbocycles. The van der Waals surface area contributed by atoms with Crippen LogP contribution in [0.4, 0.5) is 0 Å². The van der Waals surface area contributed by atoms with Gasteiger partial charge in [-0.15, -0.1) is 11.8 Å². The minimum atomic E-state index is -1.34. The van der Waals surface area contributed by atoms with E-state index < -0.39 is 14.0 Å². The van der Waals surface area contributed by atoms with Gasteiger partial charge in [0, 0.05) is 37.8 Å². The van der Waals surface area contributed by atoms with E-state index in [0.29, 0.717) is 30.1 Å². The molecular weight excluding hydrogens is 440 g/mol. The number of benzene rings is 2. The van der Waals surface area contributed by atoms with Crippen molar-refractivity contribution < 1.29 is 24.1 Å². The first-order chi connectivity index (χ1) is 15.4. The Morgan fingerprint density at radius 3 is 2.53 bits per heavy atom. The molecule has 0 aliphatic carbocycles. The van der Waals surface area contributed by atoms with Crippen LogP contribution in [0.25, 0.3) is 0 Å². The molecule has 2 aromatic rings. The summed E-state index contributed by atoms with van der Waals surface area (Å²) in [7, 11) is 0.191. The summed E-state index contributed by atoms with van der Waals surface area (Å²) in [6.07, 6.45) is 0.364. The van der Waals surface area contributed by atoms with Crippen LogP contribution in [-0.2, 0) is 15.2 Å². The van der Waals surface area contributed by atoms with Crippen LogP contribution in [0.15, 0.2) is 47.4 Å². The van der Waals surface area contributed by atoms with Gasteiger partial charge in [0.2, 0.25) is 0 Å². The van der Waals surface area contributed by atoms with Crippen molar-refractivity contribution in [2.75, 3.05) is 27.1 Å². The Kier molecular flexibility index (Phi) is 10.8. The minimum absolute atomic E-state index is 0.0122. The Labute approximate surface area is 196 Å². The van der Waals surface area contributed by atoms with Crippen LogP contribution in [-0.4, -0.2) is 46.3 Å². The van der Waals surface area contributed by atoms with Crippen LogP contribution in [0.3, 0.4) is 0 Å². The SMILES string of the molecule is COCOc1ccc(C#CCCO)c(CSc2ccccc2)c1C(=O)OCC[Si](C)(C)C. The number of hydrogen-bond donors (Lipinski definition) is 1. The summed E-state index contributed by atoms with van der Waals surface area (Å²) >= 11 is 1.61. The smallest absolute Gasteiger partial charge is 0.342 e. The molecule has 172 valence electrons. The maximum atomic E-state index is 13.2. The molecule has 0 aliphatic rings. The van der Waals surface area contributed by atoms with E-state index in [-0.39, 0.29) is 13.4 Å². The zero-order chi connectivity index (χ0) is 23.4. The first-order valence-corrected chi connectivity index (χ1v) is 15.3. The monoisotopic (exact) mass is 472 g/mol. The third kappa shape index (κ3) is 8.71. The highest BCUT2D eigenvalue weighted by atomic mass is 32.2. The molecule has 0 unspecified atom stereocenters. The second-order valence-electron chi connectivity index (χ2n) is 8.34. The zero-order valence-electron chi connectivity index (χ0n) is 19.3. The van der Waals surface area contributed by atoms with Crippen LogP contribution in [0.5, 0.6) is 5.75 Å². The standard InChI is InChI=1S/C25H32O5SSi/c1-28-19-30-23-14-13-20(10-8-9-15-26)22(18-31-21-11-6-5-7-12-21)24(23)25(27)29-16-17-32(2,3)4/h5-7,11-14,26H,9,15-19H2,1-4H3. The summed E-state index contributed by atoms with van der Waals surface area (Å²) in [4.78, 5) is 14.3. The van der Waals surface area contributed by atoms with Gasteiger partial charge in [0.15, 0.2) is 6.79 Å². The average Bonchev–Trinajstić information content (AvgIpc) is 2.76. The van der Waals surface area contributed by atoms with Gasteiger partial charge in [-0.25, -0.2) is 4.79 Å². The molecule has 1 N–H and O–H groups in total. The van der Waals surface area contributed by atoms with Crippen LogP contribution >= 0.6 is 11.8 Å². The number of carbonyl (C=O) groups excluding carboxylic acids is 1. The fourth-order valence-corrected chi connectivity index (χ4v) is 4.44. The third-order valence-corrected chi connectivity index (χ3v) is 7.23. The Morgan fingerprint density at radius 2 is 1.88 bits per heavy atom. The van der Waals surface area contributed by atoms with Gasteiger partial charge in [0.25, 0.3) is 0 Å². The summed E-state index contributed by atoms with van der Waals surface area (Å²) in [6, 6.07) is 14.4. The van der Waals surface area contributed by atoms with E-state index in [1.807, 2.05) is 36.4 Å². The second-order valence-corrected chi connectivity index (χ2v) is 15.0. The van der Waals surface area contributed by atoms with E-state index in [1.165, 1.54) is 7.11 Å². The quantitative estimate of drug-likeness (QED) is 0.160. The Hall–Kier alpha value is -2.24. The van der Waals surface area contributed by atoms with Gasteiger partial charge in [-0.3, -0.25) is 0 Å². The molecule has 0 spiro atoms. The first-order valence-electron chi connectivity index (χ1n) is 10.6. The van der Waals surface area contributed by atoms with Crippen molar-refractivity contribution in [2.45, 2.75) is 42.8 Å². The molecule has 0 aliphatic heterocycles. The van der Waals surface area contributed by atoms with Crippen molar-refractivity contribution in [3.8, 4) is 17.6 Å². The predicted molar refractivity (Wildman–Crippen MR) is 132 cm³/mol. The van der Waals surface area contributed by atoms with E-state index in [0.717, 1.165) is 22.1 Å². The fraction of sp³-hybridized carbons (Fsp3) is 0.400. The summed E-state index contributed by atoms with van der Waals surface area (Å²) in [6.45, 7) is 7.12. The number of thioether (sulfide) groups is 1. The molecule has 0 bridgehead atoms. The molecule has 0 radical (unpaired) electrons.